The first-order chi connectivity index (χ1) is 9.63. The van der Waals surface area contributed by atoms with Crippen molar-refractivity contribution >= 4 is 38.6 Å². The van der Waals surface area contributed by atoms with Crippen molar-refractivity contribution in [3.05, 3.63) is 22.4 Å². The fraction of sp³-hybridized carbons (Fsp3) is 0.429. The van der Waals surface area contributed by atoms with Crippen LogP contribution in [0.4, 0.5) is 16.2 Å². The van der Waals surface area contributed by atoms with Gasteiger partial charge in [0.25, 0.3) is 0 Å². The molecule has 0 unspecified atom stereocenters. The summed E-state index contributed by atoms with van der Waals surface area (Å²) >= 11 is 3.27. The molecule has 0 aliphatic heterocycles. The number of hydrogen-bond acceptors (Lipinski definition) is 4. The van der Waals surface area contributed by atoms with Gasteiger partial charge in [0, 0.05) is 10.5 Å². The number of anilines is 2. The number of hydrogen-bond donors (Lipinski definition) is 2. The Bertz CT molecular complexity index is 635. The molecule has 0 bridgehead atoms. The molecule has 4 nitrogen and oxygen atoms in total. The monoisotopic (exact) mass is 338 g/mol. The highest BCUT2D eigenvalue weighted by atomic mass is 79.9. The van der Waals surface area contributed by atoms with Gasteiger partial charge in [0.15, 0.2) is 0 Å². The van der Waals surface area contributed by atoms with Crippen LogP contribution in [-0.2, 0) is 0 Å². The van der Waals surface area contributed by atoms with E-state index in [1.165, 1.54) is 25.3 Å². The Balaban J connectivity index is 2.04. The van der Waals surface area contributed by atoms with Gasteiger partial charge in [0.2, 0.25) is 5.95 Å². The molecule has 1 aliphatic rings. The molecule has 20 heavy (non-hydrogen) atoms. The number of nitrogens with two attached hydrogens (primary N) is 1. The molecular weight excluding hydrogens is 323 g/mol. The lowest BCUT2D eigenvalue weighted by Gasteiger charge is -2.24. The van der Waals surface area contributed by atoms with E-state index in [9.17, 15) is 4.39 Å². The van der Waals surface area contributed by atoms with Gasteiger partial charge in [-0.05, 0) is 25.0 Å². The van der Waals surface area contributed by atoms with E-state index >= 15 is 0 Å². The van der Waals surface area contributed by atoms with Crippen LogP contribution in [0.3, 0.4) is 0 Å². The third-order valence-electron chi connectivity index (χ3n) is 3.68. The van der Waals surface area contributed by atoms with Gasteiger partial charge < -0.3 is 11.1 Å². The number of benzene rings is 1. The second kappa shape index (κ2) is 5.52. The van der Waals surface area contributed by atoms with Crippen molar-refractivity contribution < 1.29 is 4.39 Å². The van der Waals surface area contributed by atoms with E-state index < -0.39 is 0 Å². The van der Waals surface area contributed by atoms with E-state index in [2.05, 4.69) is 31.2 Å². The second-order valence-corrected chi connectivity index (χ2v) is 6.11. The first kappa shape index (κ1) is 13.5. The van der Waals surface area contributed by atoms with E-state index in [1.54, 1.807) is 6.07 Å². The average Bonchev–Trinajstić information content (AvgIpc) is 2.38. The Labute approximate surface area is 125 Å². The number of nitrogens with one attached hydrogen (secondary N) is 1. The third kappa shape index (κ3) is 2.70. The maximum atomic E-state index is 14.2. The predicted molar refractivity (Wildman–Crippen MR) is 82.1 cm³/mol. The summed E-state index contributed by atoms with van der Waals surface area (Å²) in [6.45, 7) is 0. The van der Waals surface area contributed by atoms with Gasteiger partial charge in [-0.2, -0.15) is 4.98 Å². The molecule has 0 radical (unpaired) electrons. The third-order valence-corrected chi connectivity index (χ3v) is 4.14. The lowest BCUT2D eigenvalue weighted by Crippen LogP contribution is -2.23. The van der Waals surface area contributed by atoms with Crippen LogP contribution in [0.25, 0.3) is 10.9 Å². The Morgan fingerprint density at radius 3 is 2.70 bits per heavy atom. The molecule has 1 aliphatic carbocycles. The zero-order valence-corrected chi connectivity index (χ0v) is 12.6. The number of aromatic nitrogens is 2. The Hall–Kier alpha value is -1.43. The fourth-order valence-electron chi connectivity index (χ4n) is 2.75. The van der Waals surface area contributed by atoms with Crippen molar-refractivity contribution in [3.8, 4) is 0 Å². The molecule has 3 N–H and O–H groups in total. The maximum absolute atomic E-state index is 14.2. The van der Waals surface area contributed by atoms with Crippen molar-refractivity contribution in [2.24, 2.45) is 0 Å². The van der Waals surface area contributed by atoms with Gasteiger partial charge in [-0.25, -0.2) is 9.37 Å². The van der Waals surface area contributed by atoms with Crippen LogP contribution in [0.15, 0.2) is 16.6 Å². The quantitative estimate of drug-likeness (QED) is 0.872. The summed E-state index contributed by atoms with van der Waals surface area (Å²) < 4.78 is 14.8. The van der Waals surface area contributed by atoms with E-state index in [-0.39, 0.29) is 11.8 Å². The van der Waals surface area contributed by atoms with Crippen molar-refractivity contribution in [3.63, 3.8) is 0 Å². The highest BCUT2D eigenvalue weighted by Gasteiger charge is 2.18. The highest BCUT2D eigenvalue weighted by Crippen LogP contribution is 2.30. The Kier molecular flexibility index (Phi) is 3.74. The molecule has 0 spiro atoms. The van der Waals surface area contributed by atoms with Crippen LogP contribution < -0.4 is 11.1 Å². The molecule has 0 saturated heterocycles. The van der Waals surface area contributed by atoms with Crippen LogP contribution in [0, 0.1) is 5.82 Å². The van der Waals surface area contributed by atoms with E-state index in [0.29, 0.717) is 27.2 Å². The van der Waals surface area contributed by atoms with E-state index in [4.69, 9.17) is 5.73 Å². The van der Waals surface area contributed by atoms with Crippen molar-refractivity contribution in [1.82, 2.24) is 9.97 Å². The Morgan fingerprint density at radius 1 is 1.20 bits per heavy atom. The van der Waals surface area contributed by atoms with Gasteiger partial charge in [-0.1, -0.05) is 35.2 Å². The van der Waals surface area contributed by atoms with Crippen LogP contribution in [0.5, 0.6) is 0 Å². The molecule has 1 saturated carbocycles. The summed E-state index contributed by atoms with van der Waals surface area (Å²) in [7, 11) is 0. The smallest absolute Gasteiger partial charge is 0.222 e. The molecule has 6 heteroatoms. The lowest BCUT2D eigenvalue weighted by atomic mass is 9.95. The summed E-state index contributed by atoms with van der Waals surface area (Å²) in [4.78, 5) is 8.29. The number of nitrogens with zero attached hydrogens (tertiary/aromatic N) is 2. The molecule has 106 valence electrons. The standard InChI is InChI=1S/C14H16BrFN4/c15-8-6-10(16)12-11(7-8)19-14(17)20-13(12)18-9-4-2-1-3-5-9/h6-7,9H,1-5H2,(H3,17,18,19,20). The normalized spacial score (nSPS) is 16.5. The van der Waals surface area contributed by atoms with Crippen molar-refractivity contribution in [1.29, 1.82) is 0 Å². The summed E-state index contributed by atoms with van der Waals surface area (Å²) in [6, 6.07) is 3.51. The topological polar surface area (TPSA) is 63.8 Å². The molecule has 0 amide bonds. The molecule has 0 atom stereocenters. The van der Waals surface area contributed by atoms with Gasteiger partial charge in [0.05, 0.1) is 10.9 Å². The van der Waals surface area contributed by atoms with Gasteiger partial charge in [0.1, 0.15) is 11.6 Å². The number of nitrogen functional groups attached to an aromatic ring is 1. The maximum Gasteiger partial charge on any atom is 0.222 e. The zero-order valence-electron chi connectivity index (χ0n) is 11.0. The van der Waals surface area contributed by atoms with E-state index in [0.717, 1.165) is 12.8 Å². The minimum Gasteiger partial charge on any atom is -0.368 e. The first-order valence-corrected chi connectivity index (χ1v) is 7.61. The fourth-order valence-corrected chi connectivity index (χ4v) is 3.16. The van der Waals surface area contributed by atoms with E-state index in [1.807, 2.05) is 0 Å². The molecule has 2 aromatic rings. The largest absolute Gasteiger partial charge is 0.368 e. The SMILES string of the molecule is Nc1nc(NC2CCCCC2)c2c(F)cc(Br)cc2n1. The molecule has 1 aromatic carbocycles. The molecule has 1 heterocycles. The van der Waals surface area contributed by atoms with Gasteiger partial charge in [-0.3, -0.25) is 0 Å². The molecular formula is C14H16BrFN4. The zero-order chi connectivity index (χ0) is 14.1. The van der Waals surface area contributed by atoms with Crippen LogP contribution in [-0.4, -0.2) is 16.0 Å². The number of fused-ring (bicyclic) bond motifs is 1. The summed E-state index contributed by atoms with van der Waals surface area (Å²) in [5, 5.41) is 3.75. The molecule has 1 fully saturated rings. The number of rotatable bonds is 2. The minimum absolute atomic E-state index is 0.160. The first-order valence-electron chi connectivity index (χ1n) is 6.82. The minimum atomic E-state index is -0.340. The van der Waals surface area contributed by atoms with Crippen molar-refractivity contribution in [2.45, 2.75) is 38.1 Å². The van der Waals surface area contributed by atoms with Crippen LogP contribution >= 0.6 is 15.9 Å². The predicted octanol–water partition coefficient (Wildman–Crippen LogP) is 3.86. The number of halogens is 2. The average molecular weight is 339 g/mol. The van der Waals surface area contributed by atoms with Crippen LogP contribution in [0.2, 0.25) is 0 Å². The second-order valence-electron chi connectivity index (χ2n) is 5.19. The molecule has 3 rings (SSSR count). The van der Waals surface area contributed by atoms with Crippen molar-refractivity contribution in [2.75, 3.05) is 11.1 Å². The van der Waals surface area contributed by atoms with Crippen LogP contribution in [0.1, 0.15) is 32.1 Å². The molecule has 1 aromatic heterocycles. The van der Waals surface area contributed by atoms with Gasteiger partial charge >= 0.3 is 0 Å². The summed E-state index contributed by atoms with van der Waals surface area (Å²) in [5.74, 6) is 0.324. The summed E-state index contributed by atoms with van der Waals surface area (Å²) in [5.41, 5.74) is 6.25. The lowest BCUT2D eigenvalue weighted by molar-refractivity contribution is 0.462. The highest BCUT2D eigenvalue weighted by molar-refractivity contribution is 9.10. The summed E-state index contributed by atoms with van der Waals surface area (Å²) in [6.07, 6.45) is 5.84. The van der Waals surface area contributed by atoms with Gasteiger partial charge in [-0.15, -0.1) is 0 Å². The Morgan fingerprint density at radius 2 is 1.95 bits per heavy atom.